The number of thiophene rings is 4. The maximum absolute atomic E-state index is 12.7. The summed E-state index contributed by atoms with van der Waals surface area (Å²) in [4.78, 5) is 18.3. The van der Waals surface area contributed by atoms with E-state index in [9.17, 15) is 4.79 Å². The summed E-state index contributed by atoms with van der Waals surface area (Å²) in [6.45, 7) is 2.73. The number of hydrogen-bond acceptors (Lipinski definition) is 6. The van der Waals surface area contributed by atoms with E-state index < -0.39 is 0 Å². The van der Waals surface area contributed by atoms with Crippen LogP contribution in [0.3, 0.4) is 0 Å². The van der Waals surface area contributed by atoms with Crippen molar-refractivity contribution in [2.75, 3.05) is 6.61 Å². The summed E-state index contributed by atoms with van der Waals surface area (Å²) in [7, 11) is 0. The number of rotatable bonds is 10. The van der Waals surface area contributed by atoms with Crippen molar-refractivity contribution in [3.8, 4) is 19.5 Å². The lowest BCUT2D eigenvalue weighted by Gasteiger charge is -2.03. The van der Waals surface area contributed by atoms with Gasteiger partial charge in [0.1, 0.15) is 4.88 Å². The average Bonchev–Trinajstić information content (AvgIpc) is 3.51. The first kappa shape index (κ1) is 23.6. The molecule has 0 atom stereocenters. The predicted octanol–water partition coefficient (Wildman–Crippen LogP) is 10.5. The van der Waals surface area contributed by atoms with Crippen molar-refractivity contribution in [3.05, 3.63) is 42.8 Å². The molecule has 0 aliphatic heterocycles. The van der Waals surface area contributed by atoms with Gasteiger partial charge in [0.05, 0.1) is 28.6 Å². The molecule has 0 amide bonds. The number of unbranched alkanes of at least 4 members (excludes halogenated alkanes) is 5. The first-order chi connectivity index (χ1) is 15.1. The lowest BCUT2D eigenvalue weighted by Crippen LogP contribution is -2.04. The normalized spacial score (nSPS) is 11.5. The molecule has 4 heterocycles. The van der Waals surface area contributed by atoms with Crippen molar-refractivity contribution in [3.63, 3.8) is 0 Å². The molecule has 0 aliphatic rings. The molecule has 2 nitrogen and oxygen atoms in total. The van der Waals surface area contributed by atoms with Crippen LogP contribution in [0, 0.1) is 0 Å². The van der Waals surface area contributed by atoms with Crippen LogP contribution in [0.2, 0.25) is 0 Å². The molecule has 0 N–H and O–H groups in total. The van der Waals surface area contributed by atoms with Crippen molar-refractivity contribution in [2.45, 2.75) is 45.4 Å². The molecular formula is C23H22Br2O2S4. The van der Waals surface area contributed by atoms with Gasteiger partial charge in [0, 0.05) is 15.1 Å². The zero-order chi connectivity index (χ0) is 21.8. The van der Waals surface area contributed by atoms with Gasteiger partial charge >= 0.3 is 5.97 Å². The van der Waals surface area contributed by atoms with Crippen molar-refractivity contribution < 1.29 is 9.53 Å². The summed E-state index contributed by atoms with van der Waals surface area (Å²) >= 11 is 14.0. The monoisotopic (exact) mass is 616 g/mol. The Labute approximate surface area is 215 Å². The van der Waals surface area contributed by atoms with Crippen LogP contribution in [-0.4, -0.2) is 12.6 Å². The fourth-order valence-corrected chi connectivity index (χ4v) is 8.95. The number of carbonyl (C=O) groups excluding carboxylic acids is 1. The minimum absolute atomic E-state index is 0.198. The highest BCUT2D eigenvalue weighted by Crippen LogP contribution is 2.51. The molecular weight excluding hydrogens is 596 g/mol. The summed E-state index contributed by atoms with van der Waals surface area (Å²) in [5.41, 5.74) is 0. The Hall–Kier alpha value is -0.510. The molecule has 4 rings (SSSR count). The van der Waals surface area contributed by atoms with E-state index in [1.54, 1.807) is 45.3 Å². The first-order valence-electron chi connectivity index (χ1n) is 10.3. The Bertz CT molecular complexity index is 1100. The lowest BCUT2D eigenvalue weighted by atomic mass is 10.1. The highest BCUT2D eigenvalue weighted by atomic mass is 79.9. The number of ether oxygens (including phenoxy) is 1. The molecule has 0 aromatic carbocycles. The summed E-state index contributed by atoms with van der Waals surface area (Å²) < 4.78 is 8.99. The van der Waals surface area contributed by atoms with Gasteiger partial charge in [0.15, 0.2) is 0 Å². The van der Waals surface area contributed by atoms with Crippen LogP contribution < -0.4 is 0 Å². The average molecular weight is 619 g/mol. The van der Waals surface area contributed by atoms with E-state index in [0.29, 0.717) is 11.5 Å². The van der Waals surface area contributed by atoms with E-state index in [2.05, 4.69) is 63.0 Å². The van der Waals surface area contributed by atoms with E-state index in [0.717, 1.165) is 25.8 Å². The van der Waals surface area contributed by atoms with Crippen LogP contribution in [0.25, 0.3) is 29.6 Å². The Morgan fingerprint density at radius 1 is 0.839 bits per heavy atom. The van der Waals surface area contributed by atoms with Gasteiger partial charge < -0.3 is 4.74 Å². The number of carbonyl (C=O) groups is 1. The van der Waals surface area contributed by atoms with E-state index >= 15 is 0 Å². The second-order valence-corrected chi connectivity index (χ2v) is 14.2. The summed E-state index contributed by atoms with van der Waals surface area (Å²) in [5.74, 6) is -0.198. The molecule has 0 unspecified atom stereocenters. The molecule has 0 saturated carbocycles. The number of halogens is 2. The molecule has 0 spiro atoms. The molecule has 0 aliphatic carbocycles. The van der Waals surface area contributed by atoms with Crippen molar-refractivity contribution in [2.24, 2.45) is 0 Å². The van der Waals surface area contributed by atoms with Crippen LogP contribution in [0.5, 0.6) is 0 Å². The van der Waals surface area contributed by atoms with E-state index in [-0.39, 0.29) is 5.97 Å². The van der Waals surface area contributed by atoms with Crippen LogP contribution in [0.15, 0.2) is 37.9 Å². The Morgan fingerprint density at radius 3 is 2.13 bits per heavy atom. The molecule has 164 valence electrons. The molecule has 0 fully saturated rings. The summed E-state index contributed by atoms with van der Waals surface area (Å²) in [5, 5.41) is 1.15. The summed E-state index contributed by atoms with van der Waals surface area (Å²) in [6.07, 6.45) is 7.10. The van der Waals surface area contributed by atoms with Crippen LogP contribution in [-0.2, 0) is 4.74 Å². The quantitative estimate of drug-likeness (QED) is 0.131. The van der Waals surface area contributed by atoms with Crippen LogP contribution in [0.4, 0.5) is 0 Å². The number of fused-ring (bicyclic) bond motifs is 1. The van der Waals surface area contributed by atoms with Crippen molar-refractivity contribution >= 4 is 93.3 Å². The maximum atomic E-state index is 12.7. The standard InChI is InChI=1S/C23H22Br2O2S4/c1-2-3-4-5-6-7-12-27-23(26)17-13-14-20(15-8-10-18(24)28-15)31-22(21(14)30-17)16-9-11-19(25)29-16/h8-11,13H,2-7,12H2,1H3. The van der Waals surface area contributed by atoms with Crippen molar-refractivity contribution in [1.82, 2.24) is 0 Å². The third-order valence-corrected chi connectivity index (χ3v) is 11.0. The van der Waals surface area contributed by atoms with E-state index in [1.165, 1.54) is 49.9 Å². The Kier molecular flexibility index (Phi) is 8.45. The van der Waals surface area contributed by atoms with Gasteiger partial charge in [-0.15, -0.1) is 45.3 Å². The third-order valence-electron chi connectivity index (χ3n) is 4.91. The molecule has 0 radical (unpaired) electrons. The zero-order valence-electron chi connectivity index (χ0n) is 17.0. The molecule has 4 aromatic heterocycles. The first-order valence-corrected chi connectivity index (χ1v) is 15.2. The fraction of sp³-hybridized carbons (Fsp3) is 0.348. The van der Waals surface area contributed by atoms with Gasteiger partial charge in [-0.2, -0.15) is 0 Å². The maximum Gasteiger partial charge on any atom is 0.348 e. The van der Waals surface area contributed by atoms with E-state index in [1.807, 2.05) is 6.07 Å². The second-order valence-electron chi connectivity index (χ2n) is 7.22. The van der Waals surface area contributed by atoms with Crippen LogP contribution in [0.1, 0.15) is 55.1 Å². The van der Waals surface area contributed by atoms with Crippen LogP contribution >= 0.6 is 77.2 Å². The van der Waals surface area contributed by atoms with Gasteiger partial charge in [-0.1, -0.05) is 39.0 Å². The predicted molar refractivity (Wildman–Crippen MR) is 145 cm³/mol. The number of esters is 1. The van der Waals surface area contributed by atoms with Gasteiger partial charge in [-0.25, -0.2) is 4.79 Å². The summed E-state index contributed by atoms with van der Waals surface area (Å²) in [6, 6.07) is 10.5. The van der Waals surface area contributed by atoms with E-state index in [4.69, 9.17) is 4.74 Å². The van der Waals surface area contributed by atoms with Gasteiger partial charge in [-0.3, -0.25) is 0 Å². The lowest BCUT2D eigenvalue weighted by molar-refractivity contribution is 0.0503. The Morgan fingerprint density at radius 2 is 1.48 bits per heavy atom. The third kappa shape index (κ3) is 5.71. The van der Waals surface area contributed by atoms with Gasteiger partial charge in [-0.05, 0) is 68.6 Å². The minimum Gasteiger partial charge on any atom is -0.462 e. The topological polar surface area (TPSA) is 26.3 Å². The van der Waals surface area contributed by atoms with Gasteiger partial charge in [0.2, 0.25) is 0 Å². The highest BCUT2D eigenvalue weighted by molar-refractivity contribution is 9.11. The smallest absolute Gasteiger partial charge is 0.348 e. The molecule has 0 bridgehead atoms. The fourth-order valence-electron chi connectivity index (χ4n) is 3.37. The second kappa shape index (κ2) is 11.1. The largest absolute Gasteiger partial charge is 0.462 e. The highest BCUT2D eigenvalue weighted by Gasteiger charge is 2.22. The molecule has 31 heavy (non-hydrogen) atoms. The minimum atomic E-state index is -0.198. The molecule has 0 saturated heterocycles. The zero-order valence-corrected chi connectivity index (χ0v) is 23.5. The molecule has 4 aromatic rings. The van der Waals surface area contributed by atoms with Gasteiger partial charge in [0.25, 0.3) is 0 Å². The Balaban J connectivity index is 1.55. The SMILES string of the molecule is CCCCCCCCOC(=O)c1cc2c(-c3ccc(Br)s3)sc(-c3ccc(Br)s3)c2s1. The van der Waals surface area contributed by atoms with Crippen molar-refractivity contribution in [1.29, 1.82) is 0 Å². The number of hydrogen-bond donors (Lipinski definition) is 0. The molecule has 8 heteroatoms.